The van der Waals surface area contributed by atoms with E-state index >= 15 is 0 Å². The Balaban J connectivity index is 2.39. The fraction of sp³-hybridized carbons (Fsp3) is 0.500. The number of carboxylic acids is 1. The average molecular weight is 519 g/mol. The van der Waals surface area contributed by atoms with Gasteiger partial charge < -0.3 is 5.11 Å². The van der Waals surface area contributed by atoms with Gasteiger partial charge in [-0.1, -0.05) is 15.9 Å². The second-order valence-electron chi connectivity index (χ2n) is 5.74. The molecule has 0 amide bonds. The first-order chi connectivity index (χ1) is 11.5. The van der Waals surface area contributed by atoms with E-state index in [9.17, 15) is 21.6 Å². The minimum absolute atomic E-state index is 0.0153. The number of aliphatic carboxylic acids is 1. The van der Waals surface area contributed by atoms with Gasteiger partial charge >= 0.3 is 5.97 Å². The third-order valence-electron chi connectivity index (χ3n) is 3.86. The highest BCUT2D eigenvalue weighted by Crippen LogP contribution is 2.31. The van der Waals surface area contributed by atoms with Crippen LogP contribution in [-0.4, -0.2) is 56.3 Å². The van der Waals surface area contributed by atoms with Gasteiger partial charge in [0.2, 0.25) is 10.0 Å². The lowest BCUT2D eigenvalue weighted by Gasteiger charge is -2.27. The lowest BCUT2D eigenvalue weighted by Crippen LogP contribution is -2.42. The Morgan fingerprint density at radius 3 is 2.56 bits per heavy atom. The van der Waals surface area contributed by atoms with Gasteiger partial charge in [-0.05, 0) is 47.0 Å². The number of carbonyl (C=O) groups is 1. The minimum atomic E-state index is -3.99. The number of rotatable bonds is 7. The molecule has 1 heterocycles. The van der Waals surface area contributed by atoms with Crippen LogP contribution in [0.5, 0.6) is 0 Å². The van der Waals surface area contributed by atoms with Crippen molar-refractivity contribution in [2.45, 2.75) is 30.2 Å². The number of halogens is 2. The molecule has 0 aliphatic carbocycles. The number of sulfonamides is 1. The molecule has 0 saturated carbocycles. The van der Waals surface area contributed by atoms with Crippen molar-refractivity contribution in [1.29, 1.82) is 0 Å². The average Bonchev–Trinajstić information content (AvgIpc) is 2.85. The Bertz CT molecular complexity index is 869. The standard InChI is InChI=1S/C14H17Br2NO6S2/c15-10-3-4-12(16)13(8-10)25(22,23)17(6-1-2-14(18)19)11-5-7-24(20,21)9-11/h3-4,8,11H,1-2,5-7,9H2,(H,18,19)/t11-/m1/s1. The molecular formula is C14H17Br2NO6S2. The molecule has 1 N–H and O–H groups in total. The van der Waals surface area contributed by atoms with E-state index in [-0.39, 0.29) is 42.2 Å². The first-order valence-electron chi connectivity index (χ1n) is 7.42. The van der Waals surface area contributed by atoms with Gasteiger partial charge in [0.05, 0.1) is 16.4 Å². The van der Waals surface area contributed by atoms with Gasteiger partial charge in [-0.15, -0.1) is 0 Å². The zero-order valence-electron chi connectivity index (χ0n) is 13.1. The molecule has 0 bridgehead atoms. The van der Waals surface area contributed by atoms with Crippen LogP contribution in [0.1, 0.15) is 19.3 Å². The number of nitrogens with zero attached hydrogens (tertiary/aromatic N) is 1. The van der Waals surface area contributed by atoms with Crippen molar-refractivity contribution in [3.63, 3.8) is 0 Å². The van der Waals surface area contributed by atoms with E-state index in [4.69, 9.17) is 5.11 Å². The Hall–Kier alpha value is -0.490. The van der Waals surface area contributed by atoms with Crippen LogP contribution < -0.4 is 0 Å². The number of carboxylic acid groups (broad SMARTS) is 1. The highest BCUT2D eigenvalue weighted by atomic mass is 79.9. The summed E-state index contributed by atoms with van der Waals surface area (Å²) >= 11 is 6.45. The SMILES string of the molecule is O=C(O)CCCN([C@@H]1CCS(=O)(=O)C1)S(=O)(=O)c1cc(Br)ccc1Br. The van der Waals surface area contributed by atoms with Crippen molar-refractivity contribution < 1.29 is 26.7 Å². The number of benzene rings is 1. The Kier molecular flexibility index (Phi) is 6.69. The molecule has 0 aromatic heterocycles. The van der Waals surface area contributed by atoms with Crippen molar-refractivity contribution >= 4 is 57.7 Å². The summed E-state index contributed by atoms with van der Waals surface area (Å²) in [7, 11) is -7.27. The molecule has 1 aromatic rings. The topological polar surface area (TPSA) is 109 Å². The summed E-state index contributed by atoms with van der Waals surface area (Å²) in [5, 5.41) is 8.80. The molecule has 0 unspecified atom stereocenters. The molecular weight excluding hydrogens is 502 g/mol. The molecule has 1 fully saturated rings. The summed E-state index contributed by atoms with van der Waals surface area (Å²) in [6, 6.07) is 4.01. The van der Waals surface area contributed by atoms with Crippen LogP contribution >= 0.6 is 31.9 Å². The number of hydrogen-bond donors (Lipinski definition) is 1. The minimum Gasteiger partial charge on any atom is -0.481 e. The molecule has 140 valence electrons. The van der Waals surface area contributed by atoms with Gasteiger partial charge in [0.25, 0.3) is 0 Å². The highest BCUT2D eigenvalue weighted by molar-refractivity contribution is 9.11. The quantitative estimate of drug-likeness (QED) is 0.593. The second-order valence-corrected chi connectivity index (χ2v) is 11.6. The second kappa shape index (κ2) is 8.03. The first-order valence-corrected chi connectivity index (χ1v) is 12.3. The maximum absolute atomic E-state index is 13.1. The first kappa shape index (κ1) is 20.8. The smallest absolute Gasteiger partial charge is 0.303 e. The van der Waals surface area contributed by atoms with Crippen molar-refractivity contribution in [2.24, 2.45) is 0 Å². The van der Waals surface area contributed by atoms with Gasteiger partial charge in [0.1, 0.15) is 0 Å². The van der Waals surface area contributed by atoms with E-state index in [2.05, 4.69) is 31.9 Å². The molecule has 1 aromatic carbocycles. The predicted molar refractivity (Wildman–Crippen MR) is 99.7 cm³/mol. The molecule has 2 rings (SSSR count). The summed E-state index contributed by atoms with van der Waals surface area (Å²) in [5.74, 6) is -1.34. The van der Waals surface area contributed by atoms with Crippen molar-refractivity contribution in [1.82, 2.24) is 4.31 Å². The molecule has 25 heavy (non-hydrogen) atoms. The van der Waals surface area contributed by atoms with Crippen LogP contribution in [0.2, 0.25) is 0 Å². The lowest BCUT2D eigenvalue weighted by atomic mass is 10.2. The van der Waals surface area contributed by atoms with Crippen molar-refractivity contribution in [2.75, 3.05) is 18.1 Å². The summed E-state index contributed by atoms with van der Waals surface area (Å²) in [4.78, 5) is 10.8. The highest BCUT2D eigenvalue weighted by Gasteiger charge is 2.39. The fourth-order valence-corrected chi connectivity index (χ4v) is 7.67. The summed E-state index contributed by atoms with van der Waals surface area (Å²) < 4.78 is 51.8. The molecule has 1 aliphatic heterocycles. The van der Waals surface area contributed by atoms with Crippen LogP contribution in [0, 0.1) is 0 Å². The van der Waals surface area contributed by atoms with E-state index in [1.165, 1.54) is 6.07 Å². The fourth-order valence-electron chi connectivity index (χ4n) is 2.69. The van der Waals surface area contributed by atoms with Gasteiger partial charge in [0.15, 0.2) is 9.84 Å². The normalized spacial score (nSPS) is 20.0. The summed E-state index contributed by atoms with van der Waals surface area (Å²) in [6.07, 6.45) is 0.127. The van der Waals surface area contributed by atoms with Crippen molar-refractivity contribution in [3.05, 3.63) is 27.1 Å². The van der Waals surface area contributed by atoms with E-state index < -0.39 is 31.9 Å². The van der Waals surface area contributed by atoms with E-state index in [1.807, 2.05) is 0 Å². The van der Waals surface area contributed by atoms with E-state index in [0.29, 0.717) is 8.95 Å². The van der Waals surface area contributed by atoms with Crippen LogP contribution in [0.15, 0.2) is 32.0 Å². The number of hydrogen-bond acceptors (Lipinski definition) is 5. The molecule has 0 radical (unpaired) electrons. The van der Waals surface area contributed by atoms with E-state index in [0.717, 1.165) is 4.31 Å². The third-order valence-corrected chi connectivity index (χ3v) is 9.05. The molecule has 0 spiro atoms. The van der Waals surface area contributed by atoms with Gasteiger partial charge in [-0.25, -0.2) is 16.8 Å². The van der Waals surface area contributed by atoms with Crippen LogP contribution in [0.3, 0.4) is 0 Å². The maximum atomic E-state index is 13.1. The monoisotopic (exact) mass is 517 g/mol. The maximum Gasteiger partial charge on any atom is 0.303 e. The zero-order valence-corrected chi connectivity index (χ0v) is 17.9. The van der Waals surface area contributed by atoms with Crippen LogP contribution in [0.25, 0.3) is 0 Å². The molecule has 1 saturated heterocycles. The molecule has 1 atom stereocenters. The Morgan fingerprint density at radius 1 is 1.32 bits per heavy atom. The molecule has 11 heteroatoms. The lowest BCUT2D eigenvalue weighted by molar-refractivity contribution is -0.137. The largest absolute Gasteiger partial charge is 0.481 e. The van der Waals surface area contributed by atoms with Crippen LogP contribution in [-0.2, 0) is 24.7 Å². The van der Waals surface area contributed by atoms with Gasteiger partial charge in [0, 0.05) is 28.0 Å². The van der Waals surface area contributed by atoms with Crippen molar-refractivity contribution in [3.8, 4) is 0 Å². The summed E-state index contributed by atoms with van der Waals surface area (Å²) in [5.41, 5.74) is 0. The molecule has 1 aliphatic rings. The third kappa shape index (κ3) is 5.25. The number of sulfone groups is 1. The summed E-state index contributed by atoms with van der Waals surface area (Å²) in [6.45, 7) is -0.0478. The van der Waals surface area contributed by atoms with Gasteiger partial charge in [-0.3, -0.25) is 4.79 Å². The zero-order chi connectivity index (χ0) is 18.8. The molecule has 7 nitrogen and oxygen atoms in total. The Labute approximate surface area is 163 Å². The Morgan fingerprint density at radius 2 is 2.00 bits per heavy atom. The predicted octanol–water partition coefficient (Wildman–Crippen LogP) is 2.25. The van der Waals surface area contributed by atoms with Crippen LogP contribution in [0.4, 0.5) is 0 Å². The van der Waals surface area contributed by atoms with Gasteiger partial charge in [-0.2, -0.15) is 4.31 Å². The van der Waals surface area contributed by atoms with E-state index in [1.54, 1.807) is 12.1 Å².